The first-order valence-corrected chi connectivity index (χ1v) is 6.40. The third-order valence-electron chi connectivity index (χ3n) is 2.66. The molecule has 102 valence electrons. The highest BCUT2D eigenvalue weighted by atomic mass is 16.5. The minimum absolute atomic E-state index is 0.480. The lowest BCUT2D eigenvalue weighted by Crippen LogP contribution is -2.25. The van der Waals surface area contributed by atoms with Gasteiger partial charge in [0.25, 0.3) is 0 Å². The molecule has 2 N–H and O–H groups in total. The number of anilines is 1. The van der Waals surface area contributed by atoms with Crippen LogP contribution in [0.1, 0.15) is 6.92 Å². The average Bonchev–Trinajstić information content (AvgIpc) is 2.91. The fraction of sp³-hybridized carbons (Fsp3) is 0.357. The fourth-order valence-corrected chi connectivity index (χ4v) is 1.76. The molecule has 0 unspecified atom stereocenters. The van der Waals surface area contributed by atoms with Crippen LogP contribution in [0.4, 0.5) is 5.69 Å². The van der Waals surface area contributed by atoms with E-state index >= 15 is 0 Å². The van der Waals surface area contributed by atoms with E-state index in [0.717, 1.165) is 11.4 Å². The number of benzene rings is 1. The summed E-state index contributed by atoms with van der Waals surface area (Å²) in [7, 11) is 0. The smallest absolute Gasteiger partial charge is 0.119 e. The topological polar surface area (TPSA) is 59.3 Å². The molecular weight excluding hydrogens is 242 g/mol. The van der Waals surface area contributed by atoms with Crippen molar-refractivity contribution in [2.75, 3.05) is 18.5 Å². The van der Waals surface area contributed by atoms with Gasteiger partial charge in [-0.1, -0.05) is 0 Å². The van der Waals surface area contributed by atoms with Crippen LogP contribution < -0.4 is 10.1 Å². The summed E-state index contributed by atoms with van der Waals surface area (Å²) in [5.74, 6) is 0.852. The number of ether oxygens (including phenoxy) is 1. The first kappa shape index (κ1) is 13.4. The molecule has 1 aromatic carbocycles. The molecule has 5 nitrogen and oxygen atoms in total. The summed E-state index contributed by atoms with van der Waals surface area (Å²) in [6, 6.07) is 9.53. The summed E-state index contributed by atoms with van der Waals surface area (Å²) >= 11 is 0. The number of aromatic nitrogens is 2. The maximum absolute atomic E-state index is 9.87. The Morgan fingerprint density at radius 1 is 1.37 bits per heavy atom. The van der Waals surface area contributed by atoms with Crippen molar-refractivity contribution < 1.29 is 9.84 Å². The third kappa shape index (κ3) is 4.30. The molecule has 0 radical (unpaired) electrons. The number of aliphatic hydroxyl groups is 1. The van der Waals surface area contributed by atoms with Crippen LogP contribution in [0.15, 0.2) is 42.7 Å². The summed E-state index contributed by atoms with van der Waals surface area (Å²) in [5, 5.41) is 17.1. The Balaban J connectivity index is 1.78. The molecule has 19 heavy (non-hydrogen) atoms. The highest BCUT2D eigenvalue weighted by Crippen LogP contribution is 2.15. The number of nitrogens with zero attached hydrogens (tertiary/aromatic N) is 2. The van der Waals surface area contributed by atoms with Crippen molar-refractivity contribution >= 4 is 5.69 Å². The van der Waals surface area contributed by atoms with E-state index in [1.54, 1.807) is 10.9 Å². The molecule has 1 aromatic heterocycles. The van der Waals surface area contributed by atoms with Gasteiger partial charge < -0.3 is 15.2 Å². The highest BCUT2D eigenvalue weighted by molar-refractivity contribution is 5.46. The Morgan fingerprint density at radius 3 is 2.79 bits per heavy atom. The lowest BCUT2D eigenvalue weighted by molar-refractivity contribution is 0.161. The van der Waals surface area contributed by atoms with Crippen molar-refractivity contribution in [3.05, 3.63) is 42.7 Å². The molecule has 0 saturated heterocycles. The van der Waals surface area contributed by atoms with Gasteiger partial charge in [-0.05, 0) is 37.3 Å². The van der Waals surface area contributed by atoms with Crippen LogP contribution in [0.5, 0.6) is 5.75 Å². The molecular formula is C14H19N3O2. The van der Waals surface area contributed by atoms with Gasteiger partial charge in [-0.25, -0.2) is 0 Å². The Kier molecular flexibility index (Phi) is 4.80. The van der Waals surface area contributed by atoms with Crippen LogP contribution >= 0.6 is 0 Å². The predicted molar refractivity (Wildman–Crippen MR) is 74.3 cm³/mol. The lowest BCUT2D eigenvalue weighted by Gasteiger charge is -2.13. The SMILES string of the molecule is CCOc1ccc(NC[C@H](O)Cn2cccn2)cc1. The Bertz CT molecular complexity index is 468. The highest BCUT2D eigenvalue weighted by Gasteiger charge is 2.05. The third-order valence-corrected chi connectivity index (χ3v) is 2.66. The second-order valence-corrected chi connectivity index (χ2v) is 4.22. The van der Waals surface area contributed by atoms with Crippen molar-refractivity contribution in [3.8, 4) is 5.75 Å². The number of hydrogen-bond donors (Lipinski definition) is 2. The van der Waals surface area contributed by atoms with E-state index in [4.69, 9.17) is 4.74 Å². The molecule has 1 heterocycles. The van der Waals surface area contributed by atoms with Crippen LogP contribution in [0, 0.1) is 0 Å². The predicted octanol–water partition coefficient (Wildman–Crippen LogP) is 1.75. The minimum Gasteiger partial charge on any atom is -0.494 e. The van der Waals surface area contributed by atoms with Crippen molar-refractivity contribution in [2.45, 2.75) is 19.6 Å². The van der Waals surface area contributed by atoms with E-state index in [-0.39, 0.29) is 0 Å². The van der Waals surface area contributed by atoms with Crippen LogP contribution in [0.3, 0.4) is 0 Å². The number of aliphatic hydroxyl groups excluding tert-OH is 1. The van der Waals surface area contributed by atoms with Gasteiger partial charge in [0.2, 0.25) is 0 Å². The summed E-state index contributed by atoms with van der Waals surface area (Å²) in [5.41, 5.74) is 0.961. The molecule has 2 rings (SSSR count). The standard InChI is InChI=1S/C14H19N3O2/c1-2-19-14-6-4-12(5-7-14)15-10-13(18)11-17-9-3-8-16-17/h3-9,13,15,18H,2,10-11H2,1H3/t13-/m0/s1. The molecule has 0 bridgehead atoms. The van der Waals surface area contributed by atoms with Crippen LogP contribution in [-0.4, -0.2) is 34.1 Å². The normalized spacial score (nSPS) is 12.1. The van der Waals surface area contributed by atoms with E-state index in [2.05, 4.69) is 10.4 Å². The molecule has 0 aliphatic heterocycles. The Hall–Kier alpha value is -2.01. The van der Waals surface area contributed by atoms with Crippen LogP contribution in [-0.2, 0) is 6.54 Å². The molecule has 0 amide bonds. The van der Waals surface area contributed by atoms with Crippen molar-refractivity contribution in [1.29, 1.82) is 0 Å². The van der Waals surface area contributed by atoms with Gasteiger partial charge in [0.1, 0.15) is 5.75 Å². The first-order valence-electron chi connectivity index (χ1n) is 6.40. The van der Waals surface area contributed by atoms with Crippen LogP contribution in [0.2, 0.25) is 0 Å². The van der Waals surface area contributed by atoms with Gasteiger partial charge in [-0.3, -0.25) is 4.68 Å². The van der Waals surface area contributed by atoms with E-state index < -0.39 is 6.10 Å². The van der Waals surface area contributed by atoms with Gasteiger partial charge in [-0.2, -0.15) is 5.10 Å². The number of rotatable bonds is 7. The molecule has 0 fully saturated rings. The van der Waals surface area contributed by atoms with Gasteiger partial charge in [-0.15, -0.1) is 0 Å². The zero-order valence-electron chi connectivity index (χ0n) is 11.0. The number of nitrogens with one attached hydrogen (secondary N) is 1. The zero-order chi connectivity index (χ0) is 13.5. The molecule has 0 saturated carbocycles. The van der Waals surface area contributed by atoms with Gasteiger partial charge in [0.15, 0.2) is 0 Å². The maximum Gasteiger partial charge on any atom is 0.119 e. The van der Waals surface area contributed by atoms with Crippen molar-refractivity contribution in [3.63, 3.8) is 0 Å². The number of hydrogen-bond acceptors (Lipinski definition) is 4. The monoisotopic (exact) mass is 261 g/mol. The second kappa shape index (κ2) is 6.80. The second-order valence-electron chi connectivity index (χ2n) is 4.22. The summed E-state index contributed by atoms with van der Waals surface area (Å²) in [6.07, 6.45) is 3.05. The van der Waals surface area contributed by atoms with E-state index in [1.165, 1.54) is 0 Å². The molecule has 5 heteroatoms. The van der Waals surface area contributed by atoms with Crippen molar-refractivity contribution in [2.24, 2.45) is 0 Å². The maximum atomic E-state index is 9.87. The zero-order valence-corrected chi connectivity index (χ0v) is 11.0. The van der Waals surface area contributed by atoms with E-state index in [1.807, 2.05) is 43.5 Å². The van der Waals surface area contributed by atoms with Gasteiger partial charge in [0, 0.05) is 24.6 Å². The minimum atomic E-state index is -0.480. The molecule has 2 aromatic rings. The molecule has 0 aliphatic carbocycles. The average molecular weight is 261 g/mol. The molecule has 0 aliphatic rings. The molecule has 0 spiro atoms. The first-order chi connectivity index (χ1) is 9.28. The molecule has 1 atom stereocenters. The lowest BCUT2D eigenvalue weighted by atomic mass is 10.3. The van der Waals surface area contributed by atoms with Gasteiger partial charge >= 0.3 is 0 Å². The Labute approximate surface area is 112 Å². The largest absolute Gasteiger partial charge is 0.494 e. The summed E-state index contributed by atoms with van der Waals surface area (Å²) in [6.45, 7) is 3.58. The summed E-state index contributed by atoms with van der Waals surface area (Å²) < 4.78 is 7.08. The van der Waals surface area contributed by atoms with Gasteiger partial charge in [0.05, 0.1) is 19.3 Å². The fourth-order valence-electron chi connectivity index (χ4n) is 1.76. The van der Waals surface area contributed by atoms with Crippen molar-refractivity contribution in [1.82, 2.24) is 9.78 Å². The van der Waals surface area contributed by atoms with Crippen LogP contribution in [0.25, 0.3) is 0 Å². The summed E-state index contributed by atoms with van der Waals surface area (Å²) in [4.78, 5) is 0. The Morgan fingerprint density at radius 2 is 2.16 bits per heavy atom. The quantitative estimate of drug-likeness (QED) is 0.797. The van der Waals surface area contributed by atoms with E-state index in [9.17, 15) is 5.11 Å². The van der Waals surface area contributed by atoms with E-state index in [0.29, 0.717) is 19.7 Å².